The third kappa shape index (κ3) is 6.47. The summed E-state index contributed by atoms with van der Waals surface area (Å²) in [5.41, 5.74) is 2.64. The number of benzene rings is 2. The van der Waals surface area contributed by atoms with Gasteiger partial charge in [-0.25, -0.2) is 4.98 Å². The average Bonchev–Trinajstić information content (AvgIpc) is 2.75. The van der Waals surface area contributed by atoms with Gasteiger partial charge >= 0.3 is 0 Å². The Morgan fingerprint density at radius 2 is 1.85 bits per heavy atom. The van der Waals surface area contributed by atoms with Gasteiger partial charge in [-0.2, -0.15) is 4.98 Å². The number of ether oxygens (including phenoxy) is 1. The maximum atomic E-state index is 12.7. The lowest BCUT2D eigenvalue weighted by molar-refractivity contribution is 0.381. The number of rotatable bonds is 9. The Morgan fingerprint density at radius 1 is 1.12 bits per heavy atom. The Morgan fingerprint density at radius 3 is 2.52 bits per heavy atom. The quantitative estimate of drug-likeness (QED) is 0.383. The molecule has 0 saturated heterocycles. The molecule has 0 amide bonds. The number of anilines is 4. The number of halogens is 1. The molecule has 176 valence electrons. The van der Waals surface area contributed by atoms with Gasteiger partial charge in [0.2, 0.25) is 5.95 Å². The van der Waals surface area contributed by atoms with Crippen LogP contribution >= 0.6 is 18.7 Å². The highest BCUT2D eigenvalue weighted by Gasteiger charge is 2.17. The standard InChI is InChI=1S/C24H31ClN5O2P/c1-16(15-30(2)3)17-11-12-19(21(13-17)32-4)28-24-26-14-18(25)23(29-24)27-20-9-7-8-10-22(20)33(5,6)31/h7-14,16H,15H2,1-6H3,(H2,26,27,28,29). The first-order valence-electron chi connectivity index (χ1n) is 10.6. The summed E-state index contributed by atoms with van der Waals surface area (Å²) in [4.78, 5) is 11.0. The first kappa shape index (κ1) is 25.0. The number of para-hydroxylation sites is 1. The normalized spacial score (nSPS) is 12.5. The highest BCUT2D eigenvalue weighted by molar-refractivity contribution is 7.70. The number of hydrogen-bond donors (Lipinski definition) is 2. The molecule has 2 aromatic carbocycles. The molecule has 0 saturated carbocycles. The van der Waals surface area contributed by atoms with E-state index >= 15 is 0 Å². The maximum absolute atomic E-state index is 12.7. The molecule has 0 spiro atoms. The van der Waals surface area contributed by atoms with E-state index in [0.29, 0.717) is 34.1 Å². The minimum Gasteiger partial charge on any atom is -0.495 e. The average molecular weight is 488 g/mol. The zero-order valence-corrected chi connectivity index (χ0v) is 21.5. The predicted octanol–water partition coefficient (Wildman–Crippen LogP) is 5.54. The van der Waals surface area contributed by atoms with Crippen LogP contribution in [0.3, 0.4) is 0 Å². The molecule has 1 atom stereocenters. The minimum atomic E-state index is -2.49. The van der Waals surface area contributed by atoms with Gasteiger partial charge in [-0.05, 0) is 63.2 Å². The molecule has 0 fully saturated rings. The van der Waals surface area contributed by atoms with Crippen molar-refractivity contribution in [3.8, 4) is 5.75 Å². The summed E-state index contributed by atoms with van der Waals surface area (Å²) >= 11 is 6.36. The number of methoxy groups -OCH3 is 1. The van der Waals surface area contributed by atoms with Crippen LogP contribution in [-0.4, -0.2) is 55.9 Å². The van der Waals surface area contributed by atoms with E-state index in [4.69, 9.17) is 16.3 Å². The second kappa shape index (κ2) is 10.6. The van der Waals surface area contributed by atoms with Gasteiger partial charge in [-0.3, -0.25) is 0 Å². The molecule has 0 aliphatic carbocycles. The van der Waals surface area contributed by atoms with Crippen molar-refractivity contribution in [2.75, 3.05) is 51.7 Å². The molecule has 1 unspecified atom stereocenters. The molecule has 3 aromatic rings. The zero-order chi connectivity index (χ0) is 24.2. The lowest BCUT2D eigenvalue weighted by Crippen LogP contribution is -2.18. The van der Waals surface area contributed by atoms with E-state index in [2.05, 4.69) is 52.6 Å². The van der Waals surface area contributed by atoms with Gasteiger partial charge < -0.3 is 24.8 Å². The molecule has 0 aliphatic heterocycles. The van der Waals surface area contributed by atoms with Gasteiger partial charge in [0.25, 0.3) is 0 Å². The monoisotopic (exact) mass is 487 g/mol. The Bertz CT molecular complexity index is 1170. The Hall–Kier alpha value is -2.60. The lowest BCUT2D eigenvalue weighted by atomic mass is 10.00. The van der Waals surface area contributed by atoms with E-state index in [-0.39, 0.29) is 0 Å². The highest BCUT2D eigenvalue weighted by atomic mass is 35.5. The molecule has 33 heavy (non-hydrogen) atoms. The van der Waals surface area contributed by atoms with Crippen LogP contribution in [0.4, 0.5) is 23.1 Å². The number of nitrogens with zero attached hydrogens (tertiary/aromatic N) is 3. The summed E-state index contributed by atoms with van der Waals surface area (Å²) in [6.45, 7) is 6.59. The Balaban J connectivity index is 1.87. The molecule has 1 aromatic heterocycles. The second-order valence-electron chi connectivity index (χ2n) is 8.63. The van der Waals surface area contributed by atoms with Crippen molar-refractivity contribution in [3.05, 3.63) is 59.2 Å². The highest BCUT2D eigenvalue weighted by Crippen LogP contribution is 2.39. The maximum Gasteiger partial charge on any atom is 0.229 e. The van der Waals surface area contributed by atoms with Crippen molar-refractivity contribution < 1.29 is 9.30 Å². The summed E-state index contributed by atoms with van der Waals surface area (Å²) in [5.74, 6) is 1.85. The van der Waals surface area contributed by atoms with Crippen molar-refractivity contribution in [1.82, 2.24) is 14.9 Å². The van der Waals surface area contributed by atoms with Crippen LogP contribution in [0.2, 0.25) is 5.02 Å². The van der Waals surface area contributed by atoms with E-state index in [9.17, 15) is 4.57 Å². The van der Waals surface area contributed by atoms with Gasteiger partial charge in [0.1, 0.15) is 17.9 Å². The first-order valence-corrected chi connectivity index (χ1v) is 13.6. The van der Waals surface area contributed by atoms with Crippen LogP contribution in [-0.2, 0) is 4.57 Å². The van der Waals surface area contributed by atoms with Crippen molar-refractivity contribution in [2.45, 2.75) is 12.8 Å². The molecule has 9 heteroatoms. The summed E-state index contributed by atoms with van der Waals surface area (Å²) in [7, 11) is 3.27. The van der Waals surface area contributed by atoms with E-state index in [1.54, 1.807) is 20.4 Å². The van der Waals surface area contributed by atoms with Gasteiger partial charge in [0.15, 0.2) is 5.82 Å². The molecule has 2 N–H and O–H groups in total. The van der Waals surface area contributed by atoms with Crippen LogP contribution in [0.15, 0.2) is 48.7 Å². The predicted molar refractivity (Wildman–Crippen MR) is 139 cm³/mol. The second-order valence-corrected chi connectivity index (χ2v) is 12.2. The van der Waals surface area contributed by atoms with Crippen LogP contribution in [0.1, 0.15) is 18.4 Å². The van der Waals surface area contributed by atoms with Crippen molar-refractivity contribution in [1.29, 1.82) is 0 Å². The molecular weight excluding hydrogens is 457 g/mol. The molecule has 1 heterocycles. The molecule has 0 bridgehead atoms. The van der Waals surface area contributed by atoms with E-state index < -0.39 is 7.14 Å². The van der Waals surface area contributed by atoms with Crippen molar-refractivity contribution in [2.24, 2.45) is 0 Å². The number of hydrogen-bond acceptors (Lipinski definition) is 7. The van der Waals surface area contributed by atoms with Gasteiger partial charge in [0, 0.05) is 11.8 Å². The summed E-state index contributed by atoms with van der Waals surface area (Å²) < 4.78 is 18.3. The molecular formula is C24H31ClN5O2P. The fraction of sp³-hybridized carbons (Fsp3) is 0.333. The zero-order valence-electron chi connectivity index (χ0n) is 19.9. The molecule has 7 nitrogen and oxygen atoms in total. The summed E-state index contributed by atoms with van der Waals surface area (Å²) in [6.07, 6.45) is 1.53. The number of aromatic nitrogens is 2. The third-order valence-electron chi connectivity index (χ3n) is 5.16. The molecule has 0 radical (unpaired) electrons. The third-order valence-corrected chi connectivity index (χ3v) is 6.99. The van der Waals surface area contributed by atoms with Crippen LogP contribution in [0, 0.1) is 0 Å². The minimum absolute atomic E-state index is 0.359. The SMILES string of the molecule is COc1cc(C(C)CN(C)C)ccc1Nc1ncc(Cl)c(Nc2ccccc2P(C)(C)=O)n1. The smallest absolute Gasteiger partial charge is 0.229 e. The fourth-order valence-corrected chi connectivity index (χ4v) is 4.88. The topological polar surface area (TPSA) is 79.4 Å². The molecule has 0 aliphatic rings. The van der Waals surface area contributed by atoms with Crippen LogP contribution in [0.5, 0.6) is 5.75 Å². The lowest BCUT2D eigenvalue weighted by Gasteiger charge is -2.19. The summed E-state index contributed by atoms with van der Waals surface area (Å²) in [6, 6.07) is 13.5. The summed E-state index contributed by atoms with van der Waals surface area (Å²) in [5, 5.41) is 7.52. The van der Waals surface area contributed by atoms with Crippen LogP contribution in [0.25, 0.3) is 0 Å². The van der Waals surface area contributed by atoms with Gasteiger partial charge in [-0.15, -0.1) is 0 Å². The van der Waals surface area contributed by atoms with Crippen molar-refractivity contribution >= 4 is 47.2 Å². The fourth-order valence-electron chi connectivity index (χ4n) is 3.58. The van der Waals surface area contributed by atoms with Gasteiger partial charge in [0.05, 0.1) is 24.7 Å². The van der Waals surface area contributed by atoms with E-state index in [0.717, 1.165) is 17.5 Å². The van der Waals surface area contributed by atoms with Crippen molar-refractivity contribution in [3.63, 3.8) is 0 Å². The largest absolute Gasteiger partial charge is 0.495 e. The Labute approximate surface area is 200 Å². The molecule has 3 rings (SSSR count). The van der Waals surface area contributed by atoms with Gasteiger partial charge in [-0.1, -0.05) is 36.7 Å². The van der Waals surface area contributed by atoms with E-state index in [1.165, 1.54) is 11.8 Å². The Kier molecular flexibility index (Phi) is 8.01. The van der Waals surface area contributed by atoms with Crippen LogP contribution < -0.4 is 20.7 Å². The number of likely N-dealkylation sites (N-methyl/N-ethyl adjacent to an activating group) is 1. The van der Waals surface area contributed by atoms with E-state index in [1.807, 2.05) is 36.4 Å². The first-order chi connectivity index (χ1) is 15.6. The number of nitrogens with one attached hydrogen (secondary N) is 2.